The Labute approximate surface area is 173 Å². The summed E-state index contributed by atoms with van der Waals surface area (Å²) >= 11 is 0. The fraction of sp³-hybridized carbons (Fsp3) is 0.364. The maximum absolute atomic E-state index is 12.7. The van der Waals surface area contributed by atoms with Crippen LogP contribution in [0.4, 0.5) is 5.69 Å². The number of aryl methyl sites for hydroxylation is 1. The van der Waals surface area contributed by atoms with Crippen LogP contribution in [-0.2, 0) is 17.6 Å². The predicted octanol–water partition coefficient (Wildman–Crippen LogP) is 1.36. The van der Waals surface area contributed by atoms with Gasteiger partial charge in [-0.25, -0.2) is 0 Å². The third kappa shape index (κ3) is 3.54. The van der Waals surface area contributed by atoms with E-state index >= 15 is 0 Å². The van der Waals surface area contributed by atoms with E-state index in [1.54, 1.807) is 25.2 Å². The normalized spacial score (nSPS) is 20.2. The second-order valence-electron chi connectivity index (χ2n) is 7.65. The largest absolute Gasteiger partial charge is 0.369 e. The van der Waals surface area contributed by atoms with E-state index < -0.39 is 11.5 Å². The van der Waals surface area contributed by atoms with E-state index in [1.165, 1.54) is 4.90 Å². The molecule has 0 bridgehead atoms. The minimum atomic E-state index is -1.76. The summed E-state index contributed by atoms with van der Waals surface area (Å²) < 4.78 is 0. The molecule has 1 fully saturated rings. The summed E-state index contributed by atoms with van der Waals surface area (Å²) in [4.78, 5) is 26.2. The molecule has 3 N–H and O–H groups in total. The first kappa shape index (κ1) is 19.7. The number of likely N-dealkylation sites (tertiary alicyclic amines) is 1. The molecule has 2 heterocycles. The lowest BCUT2D eigenvalue weighted by Gasteiger charge is -2.13. The van der Waals surface area contributed by atoms with Crippen LogP contribution in [0.2, 0.25) is 0 Å². The van der Waals surface area contributed by atoms with Crippen LogP contribution in [0.3, 0.4) is 0 Å². The minimum Gasteiger partial charge on any atom is -0.369 e. The predicted molar refractivity (Wildman–Crippen MR) is 108 cm³/mol. The lowest BCUT2D eigenvalue weighted by Crippen LogP contribution is -2.37. The first-order valence-electron chi connectivity index (χ1n) is 9.84. The number of nitrogens with one attached hydrogen (secondary N) is 2. The van der Waals surface area contributed by atoms with Gasteiger partial charge in [0.1, 0.15) is 6.07 Å². The number of hydrogen-bond acceptors (Lipinski definition) is 5. The van der Waals surface area contributed by atoms with E-state index in [9.17, 15) is 20.0 Å². The molecule has 1 aliphatic heterocycles. The fourth-order valence-corrected chi connectivity index (χ4v) is 3.82. The number of aromatic nitrogens is 2. The van der Waals surface area contributed by atoms with Gasteiger partial charge in [-0.05, 0) is 43.9 Å². The van der Waals surface area contributed by atoms with Crippen LogP contribution in [0.15, 0.2) is 18.2 Å². The highest BCUT2D eigenvalue weighted by atomic mass is 16.3. The van der Waals surface area contributed by atoms with Crippen LogP contribution in [0.1, 0.15) is 52.1 Å². The Hall–Kier alpha value is -3.62. The minimum absolute atomic E-state index is 0.206. The highest BCUT2D eigenvalue weighted by Gasteiger charge is 2.42. The van der Waals surface area contributed by atoms with Crippen LogP contribution in [0, 0.1) is 23.2 Å². The van der Waals surface area contributed by atoms with Gasteiger partial charge in [-0.15, -0.1) is 0 Å². The highest BCUT2D eigenvalue weighted by molar-refractivity contribution is 6.04. The van der Waals surface area contributed by atoms with E-state index in [2.05, 4.69) is 27.4 Å². The molecule has 0 radical (unpaired) electrons. The van der Waals surface area contributed by atoms with Gasteiger partial charge in [-0.2, -0.15) is 10.4 Å². The SMILES string of the molecule is CN1CC[C@@](O)(C#Cc2cc(NC(=O)c3n[nH]c4c3CCCC4)ccc2C#N)C1=O. The summed E-state index contributed by atoms with van der Waals surface area (Å²) in [5.74, 6) is 4.58. The van der Waals surface area contributed by atoms with Gasteiger partial charge in [-0.1, -0.05) is 11.8 Å². The van der Waals surface area contributed by atoms with Gasteiger partial charge in [0.05, 0.1) is 5.56 Å². The molecule has 8 nitrogen and oxygen atoms in total. The van der Waals surface area contributed by atoms with Crippen molar-refractivity contribution in [3.05, 3.63) is 46.3 Å². The molecule has 152 valence electrons. The van der Waals surface area contributed by atoms with Gasteiger partial charge in [-0.3, -0.25) is 14.7 Å². The number of carbonyl (C=O) groups excluding carboxylic acids is 2. The van der Waals surface area contributed by atoms with Crippen molar-refractivity contribution in [2.24, 2.45) is 0 Å². The number of likely N-dealkylation sites (N-methyl/N-ethyl adjacent to an activating group) is 1. The number of rotatable bonds is 2. The third-order valence-corrected chi connectivity index (χ3v) is 5.58. The summed E-state index contributed by atoms with van der Waals surface area (Å²) in [5.41, 5.74) is 1.67. The maximum Gasteiger partial charge on any atom is 0.276 e. The van der Waals surface area contributed by atoms with Gasteiger partial charge < -0.3 is 15.3 Å². The molecule has 0 spiro atoms. The van der Waals surface area contributed by atoms with Crippen LogP contribution < -0.4 is 5.32 Å². The Morgan fingerprint density at radius 3 is 2.87 bits per heavy atom. The van der Waals surface area contributed by atoms with E-state index in [-0.39, 0.29) is 12.3 Å². The monoisotopic (exact) mass is 403 g/mol. The molecule has 2 aliphatic rings. The van der Waals surface area contributed by atoms with Crippen molar-refractivity contribution in [3.63, 3.8) is 0 Å². The molecule has 0 saturated carbocycles. The van der Waals surface area contributed by atoms with E-state index in [4.69, 9.17) is 0 Å². The number of aliphatic hydroxyl groups is 1. The molecule has 4 rings (SSSR count). The zero-order valence-electron chi connectivity index (χ0n) is 16.6. The Morgan fingerprint density at radius 1 is 1.33 bits per heavy atom. The molecule has 8 heteroatoms. The third-order valence-electron chi connectivity index (χ3n) is 5.58. The van der Waals surface area contributed by atoms with Crippen molar-refractivity contribution in [2.45, 2.75) is 37.7 Å². The molecular formula is C22H21N5O3. The van der Waals surface area contributed by atoms with Gasteiger partial charge >= 0.3 is 0 Å². The second-order valence-corrected chi connectivity index (χ2v) is 7.65. The lowest BCUT2D eigenvalue weighted by molar-refractivity contribution is -0.137. The quantitative estimate of drug-likeness (QED) is 0.654. The lowest BCUT2D eigenvalue weighted by atomic mass is 9.96. The van der Waals surface area contributed by atoms with E-state index in [1.807, 2.05) is 6.07 Å². The van der Waals surface area contributed by atoms with Crippen LogP contribution >= 0.6 is 0 Å². The number of aromatic amines is 1. The number of amides is 2. The first-order valence-corrected chi connectivity index (χ1v) is 9.84. The van der Waals surface area contributed by atoms with Crippen LogP contribution in [0.25, 0.3) is 0 Å². The van der Waals surface area contributed by atoms with Crippen molar-refractivity contribution in [3.8, 4) is 17.9 Å². The molecular weight excluding hydrogens is 382 g/mol. The van der Waals surface area contributed by atoms with Crippen molar-refractivity contribution < 1.29 is 14.7 Å². The second kappa shape index (κ2) is 7.66. The van der Waals surface area contributed by atoms with Crippen molar-refractivity contribution in [1.82, 2.24) is 15.1 Å². The van der Waals surface area contributed by atoms with Crippen LogP contribution in [0.5, 0.6) is 0 Å². The van der Waals surface area contributed by atoms with E-state index in [0.29, 0.717) is 29.1 Å². The molecule has 1 aromatic carbocycles. The summed E-state index contributed by atoms with van der Waals surface area (Å²) in [6.45, 7) is 0.416. The van der Waals surface area contributed by atoms with Crippen molar-refractivity contribution in [2.75, 3.05) is 18.9 Å². The number of hydrogen-bond donors (Lipinski definition) is 3. The number of nitriles is 1. The zero-order valence-corrected chi connectivity index (χ0v) is 16.6. The average molecular weight is 403 g/mol. The van der Waals surface area contributed by atoms with Gasteiger partial charge in [0.15, 0.2) is 5.69 Å². The molecule has 30 heavy (non-hydrogen) atoms. The Balaban J connectivity index is 1.59. The van der Waals surface area contributed by atoms with Gasteiger partial charge in [0, 0.05) is 42.5 Å². The molecule has 1 atom stereocenters. The Morgan fingerprint density at radius 2 is 2.13 bits per heavy atom. The molecule has 2 amide bonds. The molecule has 1 aromatic heterocycles. The maximum atomic E-state index is 12.7. The number of fused-ring (bicyclic) bond motifs is 1. The topological polar surface area (TPSA) is 122 Å². The standard InChI is InChI=1S/C22H21N5O3/c1-27-11-10-22(30,21(27)29)9-8-14-12-16(7-6-15(14)13-23)24-20(28)19-17-4-2-3-5-18(17)25-26-19/h6-7,12,30H,2-5,10-11H2,1H3,(H,24,28)(H,25,26)/t22-/m0/s1. The van der Waals surface area contributed by atoms with Gasteiger partial charge in [0.25, 0.3) is 11.8 Å². The summed E-state index contributed by atoms with van der Waals surface area (Å²) in [6.07, 6.45) is 4.03. The Bertz CT molecular complexity index is 1130. The van der Waals surface area contributed by atoms with Crippen LogP contribution in [-0.4, -0.2) is 51.2 Å². The Kier molecular flexibility index (Phi) is 5.03. The fourth-order valence-electron chi connectivity index (χ4n) is 3.82. The number of anilines is 1. The number of nitrogens with zero attached hydrogens (tertiary/aromatic N) is 3. The number of H-pyrrole nitrogens is 1. The molecule has 1 saturated heterocycles. The average Bonchev–Trinajstić information content (AvgIpc) is 3.30. The number of benzene rings is 1. The highest BCUT2D eigenvalue weighted by Crippen LogP contribution is 2.24. The van der Waals surface area contributed by atoms with Gasteiger partial charge in [0.2, 0.25) is 5.60 Å². The van der Waals surface area contributed by atoms with Crippen molar-refractivity contribution >= 4 is 17.5 Å². The summed E-state index contributed by atoms with van der Waals surface area (Å²) in [7, 11) is 1.60. The first-order chi connectivity index (χ1) is 14.4. The molecule has 2 aromatic rings. The van der Waals surface area contributed by atoms with Crippen molar-refractivity contribution in [1.29, 1.82) is 5.26 Å². The summed E-state index contributed by atoms with van der Waals surface area (Å²) in [6, 6.07) is 6.77. The summed E-state index contributed by atoms with van der Waals surface area (Å²) in [5, 5.41) is 29.8. The smallest absolute Gasteiger partial charge is 0.276 e. The van der Waals surface area contributed by atoms with E-state index in [0.717, 1.165) is 36.9 Å². The molecule has 0 unspecified atom stereocenters. The molecule has 1 aliphatic carbocycles. The zero-order chi connectivity index (χ0) is 21.3. The number of carbonyl (C=O) groups is 2.